The molecule has 0 bridgehead atoms. The molecule has 0 aliphatic heterocycles. The number of allylic oxidation sites excluding steroid dienone is 1. The Morgan fingerprint density at radius 2 is 1.84 bits per heavy atom. The molecule has 0 fully saturated rings. The smallest absolute Gasteiger partial charge is 0.414 e. The largest absolute Gasteiger partial charge is 0.505 e. The molecule has 3 amide bonds. The van der Waals surface area contributed by atoms with Crippen molar-refractivity contribution in [2.75, 3.05) is 0 Å². The molecular weight excluding hydrogens is 419 g/mol. The van der Waals surface area contributed by atoms with Crippen LogP contribution in [-0.4, -0.2) is 28.2 Å². The lowest BCUT2D eigenvalue weighted by atomic mass is 9.78. The Bertz CT molecular complexity index is 991. The molecule has 0 aliphatic rings. The number of hydrogen-bond donors (Lipinski definition) is 4. The maximum Gasteiger partial charge on any atom is 0.414 e. The van der Waals surface area contributed by atoms with Crippen LogP contribution in [0.2, 0.25) is 0 Å². The maximum atomic E-state index is 14.0. The zero-order chi connectivity index (χ0) is 23.7. The van der Waals surface area contributed by atoms with Gasteiger partial charge in [-0.25, -0.2) is 14.7 Å². The van der Waals surface area contributed by atoms with Gasteiger partial charge in [-0.05, 0) is 42.7 Å². The second-order valence-electron chi connectivity index (χ2n) is 7.72. The third-order valence-electron chi connectivity index (χ3n) is 4.80. The number of nitrogens with one attached hydrogen (secondary N) is 2. The molecule has 8 nitrogen and oxygen atoms in total. The van der Waals surface area contributed by atoms with Gasteiger partial charge in [0.15, 0.2) is 11.6 Å². The van der Waals surface area contributed by atoms with Crippen LogP contribution >= 0.6 is 0 Å². The number of ether oxygens (including phenoxy) is 1. The summed E-state index contributed by atoms with van der Waals surface area (Å²) in [5, 5.41) is 20.2. The second-order valence-corrected chi connectivity index (χ2v) is 7.72. The summed E-state index contributed by atoms with van der Waals surface area (Å²) in [6.07, 6.45) is 1.46. The van der Waals surface area contributed by atoms with Crippen LogP contribution in [0.3, 0.4) is 0 Å². The quantitative estimate of drug-likeness (QED) is 0.277. The number of amides is 3. The molecule has 32 heavy (non-hydrogen) atoms. The first-order valence-electron chi connectivity index (χ1n) is 9.80. The van der Waals surface area contributed by atoms with Crippen molar-refractivity contribution in [3.63, 3.8) is 0 Å². The highest BCUT2D eigenvalue weighted by molar-refractivity contribution is 6.02. The average Bonchev–Trinajstić information content (AvgIpc) is 2.77. The van der Waals surface area contributed by atoms with Crippen molar-refractivity contribution in [3.8, 4) is 5.75 Å². The molecule has 0 heterocycles. The van der Waals surface area contributed by atoms with Crippen LogP contribution in [0.5, 0.6) is 5.75 Å². The van der Waals surface area contributed by atoms with Gasteiger partial charge in [0.05, 0.1) is 0 Å². The first-order chi connectivity index (χ1) is 15.1. The van der Waals surface area contributed by atoms with Crippen molar-refractivity contribution >= 4 is 17.9 Å². The first kappa shape index (κ1) is 24.5. The lowest BCUT2D eigenvalue weighted by Crippen LogP contribution is -2.35. The molecule has 2 aromatic rings. The monoisotopic (exact) mass is 444 g/mol. The molecule has 0 spiro atoms. The Hall–Kier alpha value is -3.72. The Balaban J connectivity index is 2.20. The Labute approximate surface area is 184 Å². The van der Waals surface area contributed by atoms with Gasteiger partial charge in [0.25, 0.3) is 11.8 Å². The van der Waals surface area contributed by atoms with E-state index in [-0.39, 0.29) is 11.1 Å². The van der Waals surface area contributed by atoms with Crippen molar-refractivity contribution in [3.05, 3.63) is 77.6 Å². The number of aromatic hydroxyl groups is 1. The number of hydrogen-bond acceptors (Lipinski definition) is 6. The fraction of sp³-hybridized carbons (Fsp3) is 0.261. The molecule has 1 atom stereocenters. The van der Waals surface area contributed by atoms with Crippen LogP contribution < -0.4 is 10.8 Å². The second kappa shape index (κ2) is 11.1. The van der Waals surface area contributed by atoms with Gasteiger partial charge in [0.1, 0.15) is 6.10 Å². The van der Waals surface area contributed by atoms with E-state index in [9.17, 15) is 23.9 Å². The molecular formula is C23H25FN2O6. The molecule has 0 radical (unpaired) electrons. The third-order valence-corrected chi connectivity index (χ3v) is 4.80. The van der Waals surface area contributed by atoms with Gasteiger partial charge in [-0.2, -0.15) is 0 Å². The predicted molar refractivity (Wildman–Crippen MR) is 113 cm³/mol. The topological polar surface area (TPSA) is 125 Å². The Kier molecular flexibility index (Phi) is 8.48. The molecule has 9 heteroatoms. The predicted octanol–water partition coefficient (Wildman–Crippen LogP) is 4.01. The molecule has 0 aromatic heterocycles. The van der Waals surface area contributed by atoms with Crippen LogP contribution in [0.1, 0.15) is 48.7 Å². The summed E-state index contributed by atoms with van der Waals surface area (Å²) in [5.41, 5.74) is 1.26. The number of carbonyl (C=O) groups is 3. The van der Waals surface area contributed by atoms with E-state index < -0.39 is 41.0 Å². The SMILES string of the molecule is CC(C)(CC/C=C/C(=O)NO)[C@H](OC(=O)NC(=O)c1ccccc1)c1ccc(O)c(F)c1. The summed E-state index contributed by atoms with van der Waals surface area (Å²) in [7, 11) is 0. The normalized spacial score (nSPS) is 12.2. The van der Waals surface area contributed by atoms with Gasteiger partial charge >= 0.3 is 6.09 Å². The van der Waals surface area contributed by atoms with Gasteiger partial charge < -0.3 is 9.84 Å². The molecule has 2 rings (SSSR count). The van der Waals surface area contributed by atoms with Crippen molar-refractivity contribution in [1.29, 1.82) is 0 Å². The lowest BCUT2D eigenvalue weighted by Gasteiger charge is -2.34. The van der Waals surface area contributed by atoms with E-state index in [0.717, 1.165) is 18.2 Å². The molecule has 0 saturated carbocycles. The van der Waals surface area contributed by atoms with E-state index in [4.69, 9.17) is 9.94 Å². The highest BCUT2D eigenvalue weighted by Gasteiger charge is 2.34. The zero-order valence-electron chi connectivity index (χ0n) is 17.7. The fourth-order valence-electron chi connectivity index (χ4n) is 3.07. The van der Waals surface area contributed by atoms with Crippen LogP contribution in [-0.2, 0) is 9.53 Å². The number of carbonyl (C=O) groups excluding carboxylic acids is 3. The van der Waals surface area contributed by atoms with Crippen molar-refractivity contribution in [2.45, 2.75) is 32.8 Å². The summed E-state index contributed by atoms with van der Waals surface area (Å²) in [6, 6.07) is 11.7. The van der Waals surface area contributed by atoms with Crippen molar-refractivity contribution < 1.29 is 33.8 Å². The minimum atomic E-state index is -1.01. The van der Waals surface area contributed by atoms with Gasteiger partial charge in [-0.1, -0.05) is 44.2 Å². The summed E-state index contributed by atoms with van der Waals surface area (Å²) in [6.45, 7) is 3.55. The summed E-state index contributed by atoms with van der Waals surface area (Å²) in [5.74, 6) is -2.77. The standard InChI is InChI=1S/C23H25FN2O6/c1-23(2,13-7-6-10-19(28)26-31)20(16-11-12-18(27)17(24)14-16)32-22(30)25-21(29)15-8-4-3-5-9-15/h3-6,8-12,14,20,27,31H,7,13H2,1-2H3,(H,26,28)(H,25,29,30)/b10-6+/t20-/m1/s1. The van der Waals surface area contributed by atoms with E-state index in [1.54, 1.807) is 32.0 Å². The van der Waals surface area contributed by atoms with Gasteiger partial charge in [-0.3, -0.25) is 20.1 Å². The summed E-state index contributed by atoms with van der Waals surface area (Å²) >= 11 is 0. The van der Waals surface area contributed by atoms with E-state index in [0.29, 0.717) is 12.8 Å². The zero-order valence-corrected chi connectivity index (χ0v) is 17.7. The highest BCUT2D eigenvalue weighted by Crippen LogP contribution is 2.41. The van der Waals surface area contributed by atoms with E-state index in [2.05, 4.69) is 5.32 Å². The fourth-order valence-corrected chi connectivity index (χ4v) is 3.07. The van der Waals surface area contributed by atoms with E-state index >= 15 is 0 Å². The highest BCUT2D eigenvalue weighted by atomic mass is 19.1. The maximum absolute atomic E-state index is 14.0. The summed E-state index contributed by atoms with van der Waals surface area (Å²) < 4.78 is 19.5. The molecule has 0 aliphatic carbocycles. The van der Waals surface area contributed by atoms with Gasteiger partial charge in [0.2, 0.25) is 0 Å². The van der Waals surface area contributed by atoms with Crippen LogP contribution in [0.4, 0.5) is 9.18 Å². The van der Waals surface area contributed by atoms with E-state index in [1.807, 2.05) is 0 Å². The average molecular weight is 444 g/mol. The van der Waals surface area contributed by atoms with Crippen LogP contribution in [0.25, 0.3) is 0 Å². The minimum absolute atomic E-state index is 0.267. The minimum Gasteiger partial charge on any atom is -0.505 e. The molecule has 4 N–H and O–H groups in total. The summed E-state index contributed by atoms with van der Waals surface area (Å²) in [4.78, 5) is 35.8. The van der Waals surface area contributed by atoms with Gasteiger partial charge in [0, 0.05) is 17.1 Å². The molecule has 0 saturated heterocycles. The number of halogens is 1. The molecule has 2 aromatic carbocycles. The first-order valence-corrected chi connectivity index (χ1v) is 9.80. The number of phenols is 1. The van der Waals surface area contributed by atoms with Crippen molar-refractivity contribution in [2.24, 2.45) is 5.41 Å². The number of hydroxylamine groups is 1. The Morgan fingerprint density at radius 3 is 2.47 bits per heavy atom. The lowest BCUT2D eigenvalue weighted by molar-refractivity contribution is -0.124. The number of phenolic OH excluding ortho intramolecular Hbond substituents is 1. The third kappa shape index (κ3) is 6.92. The Morgan fingerprint density at radius 1 is 1.16 bits per heavy atom. The number of benzene rings is 2. The number of rotatable bonds is 8. The van der Waals surface area contributed by atoms with Crippen LogP contribution in [0.15, 0.2) is 60.7 Å². The van der Waals surface area contributed by atoms with Crippen LogP contribution in [0, 0.1) is 11.2 Å². The van der Waals surface area contributed by atoms with E-state index in [1.165, 1.54) is 29.8 Å². The van der Waals surface area contributed by atoms with Crippen molar-refractivity contribution in [1.82, 2.24) is 10.8 Å². The molecule has 0 unspecified atom stereocenters. The number of alkyl carbamates (subject to hydrolysis) is 1. The molecule has 170 valence electrons. The number of imide groups is 1. The van der Waals surface area contributed by atoms with Gasteiger partial charge in [-0.15, -0.1) is 0 Å².